The third-order valence-electron chi connectivity index (χ3n) is 3.45. The lowest BCUT2D eigenvalue weighted by atomic mass is 10.0. The molecule has 1 atom stereocenters. The monoisotopic (exact) mass is 278 g/mol. The highest BCUT2D eigenvalue weighted by molar-refractivity contribution is 5.30. The fourth-order valence-corrected chi connectivity index (χ4v) is 2.35. The molecule has 0 bridgehead atoms. The number of ether oxygens (including phenoxy) is 1. The average Bonchev–Trinajstić information content (AvgIpc) is 2.42. The van der Waals surface area contributed by atoms with Crippen LogP contribution in [0.3, 0.4) is 0 Å². The van der Waals surface area contributed by atoms with E-state index in [0.29, 0.717) is 0 Å². The minimum atomic E-state index is -0.364. The lowest BCUT2D eigenvalue weighted by Gasteiger charge is -2.14. The minimum absolute atomic E-state index is 0.168. The lowest BCUT2D eigenvalue weighted by Crippen LogP contribution is -2.06. The summed E-state index contributed by atoms with van der Waals surface area (Å²) in [6.45, 7) is 6.26. The van der Waals surface area contributed by atoms with Crippen LogP contribution in [0.5, 0.6) is 5.75 Å². The lowest BCUT2D eigenvalue weighted by molar-refractivity contribution is 0.162. The van der Waals surface area contributed by atoms with E-state index in [1.807, 2.05) is 38.1 Å². The molecule has 0 aliphatic rings. The van der Waals surface area contributed by atoms with Crippen LogP contribution in [0.15, 0.2) is 24.3 Å². The van der Waals surface area contributed by atoms with Crippen molar-refractivity contribution in [2.24, 2.45) is 0 Å². The molecule has 114 valence electrons. The van der Waals surface area contributed by atoms with Gasteiger partial charge in [0.1, 0.15) is 5.75 Å². The number of aliphatic hydroxyl groups is 1. The Labute approximate surface area is 124 Å². The standard InChI is InChI=1S/C18H30O2/c1-4-5-6-7-8-9-13-18(19)16-11-10-12-17(14-16)20-15(2)3/h10-12,14-15,18-19H,4-9,13H2,1-3H3. The van der Waals surface area contributed by atoms with Crippen molar-refractivity contribution in [1.29, 1.82) is 0 Å². The predicted octanol–water partition coefficient (Wildman–Crippen LogP) is 5.26. The maximum Gasteiger partial charge on any atom is 0.120 e. The molecule has 1 N–H and O–H groups in total. The van der Waals surface area contributed by atoms with Crippen LogP contribution in [-0.4, -0.2) is 11.2 Å². The zero-order valence-electron chi connectivity index (χ0n) is 13.3. The first kappa shape index (κ1) is 17.0. The second-order valence-corrected chi connectivity index (χ2v) is 5.81. The average molecular weight is 278 g/mol. The smallest absolute Gasteiger partial charge is 0.120 e. The van der Waals surface area contributed by atoms with Crippen molar-refractivity contribution in [3.63, 3.8) is 0 Å². The molecule has 20 heavy (non-hydrogen) atoms. The largest absolute Gasteiger partial charge is 0.491 e. The van der Waals surface area contributed by atoms with Gasteiger partial charge in [0.15, 0.2) is 0 Å². The Hall–Kier alpha value is -1.02. The molecule has 1 unspecified atom stereocenters. The Bertz CT molecular complexity index is 360. The molecule has 0 aliphatic heterocycles. The molecule has 1 aromatic carbocycles. The summed E-state index contributed by atoms with van der Waals surface area (Å²) in [5, 5.41) is 10.2. The van der Waals surface area contributed by atoms with E-state index in [1.165, 1.54) is 32.1 Å². The van der Waals surface area contributed by atoms with Crippen LogP contribution in [0.25, 0.3) is 0 Å². The highest BCUT2D eigenvalue weighted by atomic mass is 16.5. The van der Waals surface area contributed by atoms with E-state index < -0.39 is 0 Å². The predicted molar refractivity (Wildman–Crippen MR) is 85.2 cm³/mol. The van der Waals surface area contributed by atoms with Crippen LogP contribution >= 0.6 is 0 Å². The summed E-state index contributed by atoms with van der Waals surface area (Å²) in [4.78, 5) is 0. The van der Waals surface area contributed by atoms with Gasteiger partial charge in [-0.3, -0.25) is 0 Å². The number of hydrogen-bond donors (Lipinski definition) is 1. The van der Waals surface area contributed by atoms with E-state index in [2.05, 4.69) is 6.92 Å². The molecule has 2 nitrogen and oxygen atoms in total. The summed E-state index contributed by atoms with van der Waals surface area (Å²) in [5.41, 5.74) is 0.969. The first-order valence-corrected chi connectivity index (χ1v) is 8.08. The molecule has 0 aromatic heterocycles. The van der Waals surface area contributed by atoms with Gasteiger partial charge in [0, 0.05) is 0 Å². The molecule has 0 saturated carbocycles. The van der Waals surface area contributed by atoms with Gasteiger partial charge < -0.3 is 9.84 Å². The van der Waals surface area contributed by atoms with Crippen molar-refractivity contribution >= 4 is 0 Å². The zero-order valence-corrected chi connectivity index (χ0v) is 13.3. The van der Waals surface area contributed by atoms with Crippen molar-refractivity contribution < 1.29 is 9.84 Å². The minimum Gasteiger partial charge on any atom is -0.491 e. The summed E-state index contributed by atoms with van der Waals surface area (Å²) >= 11 is 0. The number of aliphatic hydroxyl groups excluding tert-OH is 1. The normalized spacial score (nSPS) is 12.7. The second-order valence-electron chi connectivity index (χ2n) is 5.81. The van der Waals surface area contributed by atoms with Crippen LogP contribution in [-0.2, 0) is 0 Å². The summed E-state index contributed by atoms with van der Waals surface area (Å²) in [5.74, 6) is 0.847. The van der Waals surface area contributed by atoms with E-state index in [4.69, 9.17) is 4.74 Å². The van der Waals surface area contributed by atoms with Crippen LogP contribution in [0, 0.1) is 0 Å². The molecule has 0 aliphatic carbocycles. The Morgan fingerprint density at radius 1 is 1.05 bits per heavy atom. The maximum atomic E-state index is 10.2. The second kappa shape index (κ2) is 9.82. The Kier molecular flexibility index (Phi) is 8.36. The van der Waals surface area contributed by atoms with Crippen LogP contribution < -0.4 is 4.74 Å². The molecule has 0 radical (unpaired) electrons. The molecule has 0 heterocycles. The molecule has 1 aromatic rings. The van der Waals surface area contributed by atoms with Crippen molar-refractivity contribution in [3.05, 3.63) is 29.8 Å². The maximum absolute atomic E-state index is 10.2. The van der Waals surface area contributed by atoms with E-state index >= 15 is 0 Å². The van der Waals surface area contributed by atoms with Crippen molar-refractivity contribution in [2.75, 3.05) is 0 Å². The van der Waals surface area contributed by atoms with Crippen LogP contribution in [0.2, 0.25) is 0 Å². The van der Waals surface area contributed by atoms with E-state index in [-0.39, 0.29) is 12.2 Å². The summed E-state index contributed by atoms with van der Waals surface area (Å²) in [6.07, 6.45) is 8.19. The van der Waals surface area contributed by atoms with Gasteiger partial charge in [-0.05, 0) is 38.0 Å². The van der Waals surface area contributed by atoms with Gasteiger partial charge >= 0.3 is 0 Å². The molecule has 0 amide bonds. The Morgan fingerprint density at radius 3 is 2.45 bits per heavy atom. The molecular weight excluding hydrogens is 248 g/mol. The Balaban J connectivity index is 2.33. The molecule has 0 fully saturated rings. The summed E-state index contributed by atoms with van der Waals surface area (Å²) in [6, 6.07) is 7.84. The molecule has 2 heteroatoms. The summed E-state index contributed by atoms with van der Waals surface area (Å²) in [7, 11) is 0. The molecular formula is C18H30O2. The van der Waals surface area contributed by atoms with E-state index in [9.17, 15) is 5.11 Å². The fraction of sp³-hybridized carbons (Fsp3) is 0.667. The highest BCUT2D eigenvalue weighted by Gasteiger charge is 2.08. The number of unbranched alkanes of at least 4 members (excludes halogenated alkanes) is 5. The SMILES string of the molecule is CCCCCCCCC(O)c1cccc(OC(C)C)c1. The van der Waals surface area contributed by atoms with Gasteiger partial charge in [-0.1, -0.05) is 57.6 Å². The third-order valence-corrected chi connectivity index (χ3v) is 3.45. The quantitative estimate of drug-likeness (QED) is 0.592. The van der Waals surface area contributed by atoms with Crippen molar-refractivity contribution in [1.82, 2.24) is 0 Å². The van der Waals surface area contributed by atoms with E-state index in [0.717, 1.165) is 24.2 Å². The number of hydrogen-bond acceptors (Lipinski definition) is 2. The van der Waals surface area contributed by atoms with Gasteiger partial charge in [0.25, 0.3) is 0 Å². The third kappa shape index (κ3) is 6.95. The van der Waals surface area contributed by atoms with Gasteiger partial charge in [-0.25, -0.2) is 0 Å². The zero-order chi connectivity index (χ0) is 14.8. The van der Waals surface area contributed by atoms with E-state index in [1.54, 1.807) is 0 Å². The van der Waals surface area contributed by atoms with Gasteiger partial charge in [-0.15, -0.1) is 0 Å². The van der Waals surface area contributed by atoms with Gasteiger partial charge in [-0.2, -0.15) is 0 Å². The van der Waals surface area contributed by atoms with Gasteiger partial charge in [0.2, 0.25) is 0 Å². The first-order chi connectivity index (χ1) is 9.63. The van der Waals surface area contributed by atoms with Crippen molar-refractivity contribution in [3.8, 4) is 5.75 Å². The summed E-state index contributed by atoms with van der Waals surface area (Å²) < 4.78 is 5.66. The van der Waals surface area contributed by atoms with Crippen molar-refractivity contribution in [2.45, 2.75) is 77.9 Å². The highest BCUT2D eigenvalue weighted by Crippen LogP contribution is 2.24. The first-order valence-electron chi connectivity index (χ1n) is 8.08. The Morgan fingerprint density at radius 2 is 1.75 bits per heavy atom. The van der Waals surface area contributed by atoms with Gasteiger partial charge in [0.05, 0.1) is 12.2 Å². The number of rotatable bonds is 10. The molecule has 1 rings (SSSR count). The molecule has 0 spiro atoms. The van der Waals surface area contributed by atoms with Crippen LogP contribution in [0.1, 0.15) is 77.4 Å². The van der Waals surface area contributed by atoms with Crippen LogP contribution in [0.4, 0.5) is 0 Å². The molecule has 0 saturated heterocycles. The topological polar surface area (TPSA) is 29.5 Å². The fourth-order valence-electron chi connectivity index (χ4n) is 2.35. The number of benzene rings is 1.